The molecule has 8 nitrogen and oxygen atoms in total. The van der Waals surface area contributed by atoms with Crippen molar-refractivity contribution in [2.75, 3.05) is 5.32 Å². The Kier molecular flexibility index (Phi) is 4.14. The van der Waals surface area contributed by atoms with Crippen LogP contribution in [0.1, 0.15) is 26.7 Å². The first-order chi connectivity index (χ1) is 11.2. The Morgan fingerprint density at radius 3 is 2.83 bits per heavy atom. The largest absolute Gasteiger partial charge is 0.467 e. The fourth-order valence-corrected chi connectivity index (χ4v) is 1.91. The summed E-state index contributed by atoms with van der Waals surface area (Å²) >= 11 is 0. The molecule has 0 saturated carbocycles. The van der Waals surface area contributed by atoms with E-state index in [1.807, 2.05) is 0 Å². The lowest BCUT2D eigenvalue weighted by Crippen LogP contribution is -2.25. The molecule has 0 aliphatic rings. The summed E-state index contributed by atoms with van der Waals surface area (Å²) in [5, 5.41) is 11.7. The number of hydrogen-bond acceptors (Lipinski definition) is 5. The van der Waals surface area contributed by atoms with E-state index in [1.165, 1.54) is 18.7 Å². The molecule has 116 valence electrons. The van der Waals surface area contributed by atoms with Crippen LogP contribution in [-0.4, -0.2) is 27.0 Å². The molecule has 3 aromatic rings. The molecule has 0 fully saturated rings. The zero-order valence-corrected chi connectivity index (χ0v) is 11.9. The molecule has 0 aliphatic heterocycles. The molecule has 0 spiro atoms. The summed E-state index contributed by atoms with van der Waals surface area (Å²) < 4.78 is 5.13. The van der Waals surface area contributed by atoms with Gasteiger partial charge in [-0.2, -0.15) is 5.10 Å². The van der Waals surface area contributed by atoms with Gasteiger partial charge in [-0.3, -0.25) is 19.7 Å². The van der Waals surface area contributed by atoms with Crippen molar-refractivity contribution in [2.24, 2.45) is 0 Å². The van der Waals surface area contributed by atoms with E-state index in [1.54, 1.807) is 30.3 Å². The smallest absolute Gasteiger partial charge is 0.274 e. The van der Waals surface area contributed by atoms with Gasteiger partial charge < -0.3 is 15.1 Å². The lowest BCUT2D eigenvalue weighted by molar-refractivity contribution is 0.0944. The predicted octanol–water partition coefficient (Wildman–Crippen LogP) is 1.58. The molecule has 8 heteroatoms. The number of aromatic nitrogens is 3. The third kappa shape index (κ3) is 3.43. The van der Waals surface area contributed by atoms with Gasteiger partial charge in [-0.05, 0) is 24.3 Å². The number of carbonyl (C=O) groups is 2. The third-order valence-electron chi connectivity index (χ3n) is 3.00. The molecule has 0 saturated heterocycles. The Labute approximate surface area is 130 Å². The Hall–Kier alpha value is -3.42. The van der Waals surface area contributed by atoms with E-state index in [2.05, 4.69) is 25.8 Å². The third-order valence-corrected chi connectivity index (χ3v) is 3.00. The highest BCUT2D eigenvalue weighted by molar-refractivity contribution is 6.07. The maximum Gasteiger partial charge on any atom is 0.274 e. The molecule has 3 N–H and O–H groups in total. The van der Waals surface area contributed by atoms with Crippen LogP contribution in [-0.2, 0) is 6.54 Å². The molecule has 0 aromatic carbocycles. The second kappa shape index (κ2) is 6.56. The van der Waals surface area contributed by atoms with Crippen LogP contribution < -0.4 is 10.6 Å². The first-order valence-electron chi connectivity index (χ1n) is 6.81. The summed E-state index contributed by atoms with van der Waals surface area (Å²) in [7, 11) is 0. The van der Waals surface area contributed by atoms with Crippen LogP contribution in [0.2, 0.25) is 0 Å². The molecule has 3 heterocycles. The molecule has 3 aromatic heterocycles. The monoisotopic (exact) mass is 311 g/mol. The van der Waals surface area contributed by atoms with Gasteiger partial charge in [-0.1, -0.05) is 6.07 Å². The van der Waals surface area contributed by atoms with Crippen molar-refractivity contribution in [1.29, 1.82) is 0 Å². The summed E-state index contributed by atoms with van der Waals surface area (Å²) in [5.74, 6) is -0.237. The highest BCUT2D eigenvalue weighted by atomic mass is 16.3. The zero-order chi connectivity index (χ0) is 16.1. The van der Waals surface area contributed by atoms with Gasteiger partial charge in [0.05, 0.1) is 18.5 Å². The number of anilines is 1. The van der Waals surface area contributed by atoms with Gasteiger partial charge in [-0.15, -0.1) is 0 Å². The normalized spacial score (nSPS) is 10.3. The number of nitrogens with zero attached hydrogens (tertiary/aromatic N) is 2. The Morgan fingerprint density at radius 2 is 2.09 bits per heavy atom. The number of rotatable bonds is 5. The van der Waals surface area contributed by atoms with Gasteiger partial charge in [-0.25, -0.2) is 0 Å². The van der Waals surface area contributed by atoms with Crippen LogP contribution in [0, 0.1) is 0 Å². The summed E-state index contributed by atoms with van der Waals surface area (Å²) in [5.41, 5.74) is 0.606. The summed E-state index contributed by atoms with van der Waals surface area (Å²) in [6.07, 6.45) is 4.47. The first-order valence-corrected chi connectivity index (χ1v) is 6.81. The first kappa shape index (κ1) is 14.5. The number of hydrogen-bond donors (Lipinski definition) is 3. The second-order valence-corrected chi connectivity index (χ2v) is 4.58. The lowest BCUT2D eigenvalue weighted by atomic mass is 10.3. The number of amides is 2. The van der Waals surface area contributed by atoms with Crippen molar-refractivity contribution < 1.29 is 14.0 Å². The number of aromatic amines is 1. The molecule has 3 rings (SSSR count). The maximum absolute atomic E-state index is 12.1. The average molecular weight is 311 g/mol. The number of nitrogens with one attached hydrogen (secondary N) is 3. The highest BCUT2D eigenvalue weighted by Crippen LogP contribution is 2.13. The van der Waals surface area contributed by atoms with Crippen LogP contribution >= 0.6 is 0 Å². The van der Waals surface area contributed by atoms with E-state index < -0.39 is 11.8 Å². The van der Waals surface area contributed by atoms with Gasteiger partial charge >= 0.3 is 0 Å². The van der Waals surface area contributed by atoms with Crippen LogP contribution in [0.3, 0.4) is 0 Å². The summed E-state index contributed by atoms with van der Waals surface area (Å²) in [6, 6.07) is 8.46. The number of H-pyrrole nitrogens is 1. The van der Waals surface area contributed by atoms with E-state index in [9.17, 15) is 9.59 Å². The van der Waals surface area contributed by atoms with E-state index in [0.717, 1.165) is 0 Å². The van der Waals surface area contributed by atoms with Crippen LogP contribution in [0.4, 0.5) is 5.69 Å². The Balaban J connectivity index is 1.67. The van der Waals surface area contributed by atoms with Gasteiger partial charge in [0.2, 0.25) is 0 Å². The SMILES string of the molecule is O=C(Nc1c[nH]nc1C(=O)NCc1ccco1)c1ccccn1. The van der Waals surface area contributed by atoms with Crippen molar-refractivity contribution in [3.8, 4) is 0 Å². The van der Waals surface area contributed by atoms with E-state index in [0.29, 0.717) is 5.76 Å². The van der Waals surface area contributed by atoms with Crippen molar-refractivity contribution in [3.63, 3.8) is 0 Å². The van der Waals surface area contributed by atoms with Crippen LogP contribution in [0.5, 0.6) is 0 Å². The lowest BCUT2D eigenvalue weighted by Gasteiger charge is -2.05. The van der Waals surface area contributed by atoms with Crippen LogP contribution in [0.25, 0.3) is 0 Å². The van der Waals surface area contributed by atoms with Crippen LogP contribution in [0.15, 0.2) is 53.4 Å². The van der Waals surface area contributed by atoms with Crippen molar-refractivity contribution in [1.82, 2.24) is 20.5 Å². The molecule has 0 bridgehead atoms. The fourth-order valence-electron chi connectivity index (χ4n) is 1.91. The number of pyridine rings is 1. The molecule has 2 amide bonds. The van der Waals surface area contributed by atoms with E-state index in [-0.39, 0.29) is 23.6 Å². The quantitative estimate of drug-likeness (QED) is 0.662. The van der Waals surface area contributed by atoms with Gasteiger partial charge in [0, 0.05) is 12.4 Å². The molecule has 0 aliphatic carbocycles. The Bertz CT molecular complexity index is 796. The number of carbonyl (C=O) groups excluding carboxylic acids is 2. The highest BCUT2D eigenvalue weighted by Gasteiger charge is 2.17. The summed E-state index contributed by atoms with van der Waals surface area (Å²) in [4.78, 5) is 28.2. The zero-order valence-electron chi connectivity index (χ0n) is 11.9. The minimum Gasteiger partial charge on any atom is -0.467 e. The van der Waals surface area contributed by atoms with E-state index in [4.69, 9.17) is 4.42 Å². The average Bonchev–Trinajstić information content (AvgIpc) is 3.25. The van der Waals surface area contributed by atoms with Crippen molar-refractivity contribution in [3.05, 3.63) is 66.1 Å². The molecule has 0 unspecified atom stereocenters. The van der Waals surface area contributed by atoms with Gasteiger partial charge in [0.15, 0.2) is 5.69 Å². The fraction of sp³-hybridized carbons (Fsp3) is 0.0667. The van der Waals surface area contributed by atoms with Crippen molar-refractivity contribution >= 4 is 17.5 Å². The molecule has 23 heavy (non-hydrogen) atoms. The van der Waals surface area contributed by atoms with Crippen molar-refractivity contribution in [2.45, 2.75) is 6.54 Å². The van der Waals surface area contributed by atoms with E-state index >= 15 is 0 Å². The maximum atomic E-state index is 12.1. The standard InChI is InChI=1S/C15H13N5O3/c21-14(11-5-1-2-6-16-11)19-12-9-18-20-13(12)15(22)17-8-10-4-3-7-23-10/h1-7,9H,8H2,(H,17,22)(H,18,20)(H,19,21). The molecular weight excluding hydrogens is 298 g/mol. The molecule has 0 radical (unpaired) electrons. The molecular formula is C15H13N5O3. The molecule has 0 atom stereocenters. The predicted molar refractivity (Wildman–Crippen MR) is 80.7 cm³/mol. The minimum atomic E-state index is -0.432. The number of furan rings is 1. The second-order valence-electron chi connectivity index (χ2n) is 4.58. The topological polar surface area (TPSA) is 113 Å². The van der Waals surface area contributed by atoms with Gasteiger partial charge in [0.1, 0.15) is 11.5 Å². The Morgan fingerprint density at radius 1 is 1.17 bits per heavy atom. The summed E-state index contributed by atoms with van der Waals surface area (Å²) in [6.45, 7) is 0.228. The van der Waals surface area contributed by atoms with Gasteiger partial charge in [0.25, 0.3) is 11.8 Å². The minimum absolute atomic E-state index is 0.0841.